The second-order valence-corrected chi connectivity index (χ2v) is 8.86. The van der Waals surface area contributed by atoms with Crippen LogP contribution in [0.25, 0.3) is 6.08 Å². The molecule has 27 heavy (non-hydrogen) atoms. The van der Waals surface area contributed by atoms with Gasteiger partial charge in [0.2, 0.25) is 0 Å². The first-order valence-corrected chi connectivity index (χ1v) is 10.5. The maximum atomic E-state index is 6.56. The molecule has 0 aromatic carbocycles. The summed E-state index contributed by atoms with van der Waals surface area (Å²) >= 11 is 0. The highest BCUT2D eigenvalue weighted by molar-refractivity contribution is 5.60. The monoisotopic (exact) mass is 366 g/mol. The SMILES string of the molecule is C=C[C@H]1OC2(CCCC3=Cc4c(cnn4C4CCCC4)C[C@@]32C)O[C@@H]1C=C. The molecule has 3 fully saturated rings. The number of fused-ring (bicyclic) bond motifs is 3. The fraction of sp³-hybridized carbons (Fsp3) is 0.609. The lowest BCUT2D eigenvalue weighted by atomic mass is 9.62. The van der Waals surface area contributed by atoms with E-state index in [0.29, 0.717) is 6.04 Å². The molecule has 3 atom stereocenters. The second kappa shape index (κ2) is 6.18. The normalized spacial score (nSPS) is 34.9. The Bertz CT molecular complexity index is 785. The van der Waals surface area contributed by atoms with E-state index < -0.39 is 5.79 Å². The Morgan fingerprint density at radius 3 is 2.52 bits per heavy atom. The molecule has 1 aromatic heterocycles. The van der Waals surface area contributed by atoms with Gasteiger partial charge < -0.3 is 9.47 Å². The highest BCUT2D eigenvalue weighted by Gasteiger charge is 2.61. The van der Waals surface area contributed by atoms with Gasteiger partial charge in [0, 0.05) is 11.8 Å². The fourth-order valence-electron chi connectivity index (χ4n) is 5.82. The van der Waals surface area contributed by atoms with E-state index in [1.165, 1.54) is 42.5 Å². The Morgan fingerprint density at radius 2 is 1.85 bits per heavy atom. The van der Waals surface area contributed by atoms with Crippen LogP contribution in [-0.4, -0.2) is 27.8 Å². The summed E-state index contributed by atoms with van der Waals surface area (Å²) in [6.07, 6.45) is 17.2. The predicted octanol–water partition coefficient (Wildman–Crippen LogP) is 4.98. The highest BCUT2D eigenvalue weighted by atomic mass is 16.8. The van der Waals surface area contributed by atoms with Gasteiger partial charge in [-0.2, -0.15) is 5.10 Å². The van der Waals surface area contributed by atoms with Crippen LogP contribution in [0.5, 0.6) is 0 Å². The van der Waals surface area contributed by atoms with Crippen molar-refractivity contribution in [3.63, 3.8) is 0 Å². The fourth-order valence-corrected chi connectivity index (χ4v) is 5.82. The molecular formula is C23H30N2O2. The molecule has 3 aliphatic carbocycles. The maximum absolute atomic E-state index is 6.56. The maximum Gasteiger partial charge on any atom is 0.179 e. The molecule has 4 heteroatoms. The van der Waals surface area contributed by atoms with Gasteiger partial charge in [0.15, 0.2) is 5.79 Å². The molecule has 1 spiro atoms. The molecule has 0 unspecified atom stereocenters. The third-order valence-corrected chi connectivity index (χ3v) is 7.38. The third kappa shape index (κ3) is 2.39. The lowest BCUT2D eigenvalue weighted by Gasteiger charge is -2.51. The van der Waals surface area contributed by atoms with Gasteiger partial charge >= 0.3 is 0 Å². The number of aromatic nitrogens is 2. The minimum atomic E-state index is -0.595. The third-order valence-electron chi connectivity index (χ3n) is 7.38. The van der Waals surface area contributed by atoms with Crippen LogP contribution in [0.4, 0.5) is 0 Å². The van der Waals surface area contributed by atoms with Crippen molar-refractivity contribution in [3.8, 4) is 0 Å². The number of rotatable bonds is 3. The first-order chi connectivity index (χ1) is 13.1. The quantitative estimate of drug-likeness (QED) is 0.708. The molecule has 0 radical (unpaired) electrons. The molecule has 0 amide bonds. The van der Waals surface area contributed by atoms with E-state index in [-0.39, 0.29) is 17.6 Å². The summed E-state index contributed by atoms with van der Waals surface area (Å²) in [5.74, 6) is -0.595. The van der Waals surface area contributed by atoms with Crippen LogP contribution in [0, 0.1) is 5.41 Å². The lowest BCUT2D eigenvalue weighted by molar-refractivity contribution is -0.243. The van der Waals surface area contributed by atoms with Crippen LogP contribution >= 0.6 is 0 Å². The van der Waals surface area contributed by atoms with Crippen molar-refractivity contribution >= 4 is 6.08 Å². The van der Waals surface area contributed by atoms with Gasteiger partial charge in [-0.05, 0) is 43.7 Å². The number of hydrogen-bond donors (Lipinski definition) is 0. The van der Waals surface area contributed by atoms with Crippen LogP contribution in [-0.2, 0) is 15.9 Å². The zero-order valence-corrected chi connectivity index (χ0v) is 16.3. The van der Waals surface area contributed by atoms with Crippen molar-refractivity contribution in [2.24, 2.45) is 5.41 Å². The number of hydrogen-bond acceptors (Lipinski definition) is 3. The van der Waals surface area contributed by atoms with Crippen molar-refractivity contribution < 1.29 is 9.47 Å². The Balaban J connectivity index is 1.54. The van der Waals surface area contributed by atoms with Gasteiger partial charge in [0.1, 0.15) is 12.2 Å². The molecule has 4 aliphatic rings. The summed E-state index contributed by atoms with van der Waals surface area (Å²) in [4.78, 5) is 0. The van der Waals surface area contributed by atoms with E-state index in [0.717, 1.165) is 25.7 Å². The zero-order chi connectivity index (χ0) is 18.6. The Morgan fingerprint density at radius 1 is 1.15 bits per heavy atom. The standard InChI is InChI=1S/C23H30N2O2/c1-4-20-21(5-2)27-23(26-20)12-8-9-17-13-19-16(14-22(17,23)3)15-24-25(19)18-10-6-7-11-18/h4-5,13,15,18,20-21H,1-2,6-12,14H2,3H3/t20-,21-,22+/m1/s1. The van der Waals surface area contributed by atoms with Gasteiger partial charge in [-0.3, -0.25) is 4.68 Å². The first-order valence-electron chi connectivity index (χ1n) is 10.5. The van der Waals surface area contributed by atoms with Gasteiger partial charge in [-0.15, -0.1) is 13.2 Å². The summed E-state index contributed by atoms with van der Waals surface area (Å²) in [5.41, 5.74) is 3.94. The molecule has 4 nitrogen and oxygen atoms in total. The van der Waals surface area contributed by atoms with Gasteiger partial charge in [0.25, 0.3) is 0 Å². The molecular weight excluding hydrogens is 336 g/mol. The molecule has 0 bridgehead atoms. The summed E-state index contributed by atoms with van der Waals surface area (Å²) in [6.45, 7) is 10.2. The minimum absolute atomic E-state index is 0.124. The van der Waals surface area contributed by atoms with Gasteiger partial charge in [-0.1, -0.05) is 37.5 Å². The summed E-state index contributed by atoms with van der Waals surface area (Å²) < 4.78 is 15.4. The molecule has 144 valence electrons. The molecule has 5 rings (SSSR count). The van der Waals surface area contributed by atoms with Crippen molar-refractivity contribution in [3.05, 3.63) is 48.3 Å². The van der Waals surface area contributed by atoms with Crippen LogP contribution < -0.4 is 0 Å². The Hall–Kier alpha value is -1.65. The average molecular weight is 367 g/mol. The van der Waals surface area contributed by atoms with E-state index in [1.807, 2.05) is 12.2 Å². The van der Waals surface area contributed by atoms with Crippen molar-refractivity contribution in [2.75, 3.05) is 0 Å². The van der Waals surface area contributed by atoms with E-state index in [1.54, 1.807) is 0 Å². The van der Waals surface area contributed by atoms with Crippen LogP contribution in [0.2, 0.25) is 0 Å². The Labute approximate surface area is 161 Å². The van der Waals surface area contributed by atoms with E-state index in [9.17, 15) is 0 Å². The van der Waals surface area contributed by atoms with E-state index in [4.69, 9.17) is 14.6 Å². The topological polar surface area (TPSA) is 36.3 Å². The number of nitrogens with zero attached hydrogens (tertiary/aromatic N) is 2. The largest absolute Gasteiger partial charge is 0.339 e. The molecule has 2 saturated carbocycles. The van der Waals surface area contributed by atoms with Crippen LogP contribution in [0.1, 0.15) is 69.2 Å². The molecule has 2 heterocycles. The first kappa shape index (κ1) is 17.4. The Kier molecular flexibility index (Phi) is 3.99. The van der Waals surface area contributed by atoms with Gasteiger partial charge in [-0.25, -0.2) is 0 Å². The average Bonchev–Trinajstić information content (AvgIpc) is 3.39. The molecule has 0 N–H and O–H groups in total. The van der Waals surface area contributed by atoms with E-state index in [2.05, 4.69) is 37.0 Å². The zero-order valence-electron chi connectivity index (χ0n) is 16.3. The van der Waals surface area contributed by atoms with E-state index >= 15 is 0 Å². The number of ether oxygens (including phenoxy) is 2. The van der Waals surface area contributed by atoms with Crippen molar-refractivity contribution in [1.29, 1.82) is 0 Å². The molecule has 1 aromatic rings. The predicted molar refractivity (Wildman–Crippen MR) is 106 cm³/mol. The minimum Gasteiger partial charge on any atom is -0.339 e. The summed E-state index contributed by atoms with van der Waals surface area (Å²) in [5, 5.41) is 4.80. The molecule has 1 aliphatic heterocycles. The second-order valence-electron chi connectivity index (χ2n) is 8.86. The van der Waals surface area contributed by atoms with Crippen molar-refractivity contribution in [1.82, 2.24) is 9.78 Å². The smallest absolute Gasteiger partial charge is 0.179 e. The van der Waals surface area contributed by atoms with Gasteiger partial charge in [0.05, 0.1) is 17.9 Å². The summed E-state index contributed by atoms with van der Waals surface area (Å²) in [7, 11) is 0. The van der Waals surface area contributed by atoms with Crippen LogP contribution in [0.3, 0.4) is 0 Å². The van der Waals surface area contributed by atoms with Crippen LogP contribution in [0.15, 0.2) is 37.1 Å². The lowest BCUT2D eigenvalue weighted by Crippen LogP contribution is -2.53. The van der Waals surface area contributed by atoms with Crippen molar-refractivity contribution in [2.45, 2.75) is 82.3 Å². The molecule has 1 saturated heterocycles. The summed E-state index contributed by atoms with van der Waals surface area (Å²) in [6, 6.07) is 0.571. The highest BCUT2D eigenvalue weighted by Crippen LogP contribution is 2.58.